The summed E-state index contributed by atoms with van der Waals surface area (Å²) in [6.07, 6.45) is -3.64. The Labute approximate surface area is 193 Å². The lowest BCUT2D eigenvalue weighted by atomic mass is 9.99. The molecule has 0 aliphatic carbocycles. The third-order valence-electron chi connectivity index (χ3n) is 5.89. The molecule has 34 heavy (non-hydrogen) atoms. The van der Waals surface area contributed by atoms with Gasteiger partial charge in [0.1, 0.15) is 30.2 Å². The van der Waals surface area contributed by atoms with Crippen LogP contribution in [0, 0.1) is 0 Å². The van der Waals surface area contributed by atoms with Crippen molar-refractivity contribution in [1.82, 2.24) is 14.5 Å². The van der Waals surface area contributed by atoms with Crippen LogP contribution < -0.4 is 10.3 Å². The molecule has 5 atom stereocenters. The number of hydrogen-bond donors (Lipinski definition) is 5. The van der Waals surface area contributed by atoms with Crippen LogP contribution in [0.25, 0.3) is 27.8 Å². The Morgan fingerprint density at radius 2 is 1.74 bits per heavy atom. The lowest BCUT2D eigenvalue weighted by molar-refractivity contribution is -0.277. The first-order valence-electron chi connectivity index (χ1n) is 10.7. The zero-order chi connectivity index (χ0) is 23.8. The molecule has 1 aliphatic heterocycles. The van der Waals surface area contributed by atoms with Gasteiger partial charge in [0.25, 0.3) is 5.56 Å². The highest BCUT2D eigenvalue weighted by molar-refractivity contribution is 5.94. The second-order valence-electron chi connectivity index (χ2n) is 8.02. The lowest BCUT2D eigenvalue weighted by Gasteiger charge is -2.39. The summed E-state index contributed by atoms with van der Waals surface area (Å²) in [5.74, 6) is 0.326. The Bertz CT molecular complexity index is 1330. The molecule has 176 valence electrons. The Kier molecular flexibility index (Phi) is 5.90. The maximum Gasteiger partial charge on any atom is 0.260 e. The average molecular weight is 465 g/mol. The SMILES string of the molecule is O=c1[nH]cnc2c1c(-c1ccc(O[C@H]3O[C@H](CO)[C@@H](O)[C@H](O)[C@H]3O)cc1)cn2-c1ccccc1. The first-order chi connectivity index (χ1) is 16.5. The van der Waals surface area contributed by atoms with Crippen molar-refractivity contribution in [2.45, 2.75) is 30.7 Å². The number of rotatable bonds is 5. The molecule has 0 spiro atoms. The fourth-order valence-corrected chi connectivity index (χ4v) is 4.09. The summed E-state index contributed by atoms with van der Waals surface area (Å²) in [5, 5.41) is 39.8. The van der Waals surface area contributed by atoms with E-state index in [0.717, 1.165) is 11.3 Å². The van der Waals surface area contributed by atoms with Gasteiger partial charge in [0, 0.05) is 17.4 Å². The monoisotopic (exact) mass is 465 g/mol. The zero-order valence-corrected chi connectivity index (χ0v) is 17.9. The molecule has 1 aliphatic rings. The van der Waals surface area contributed by atoms with Gasteiger partial charge < -0.3 is 39.5 Å². The number of H-pyrrole nitrogens is 1. The summed E-state index contributed by atoms with van der Waals surface area (Å²) in [6.45, 7) is -0.544. The van der Waals surface area contributed by atoms with E-state index in [1.165, 1.54) is 6.33 Å². The number of para-hydroxylation sites is 1. The van der Waals surface area contributed by atoms with Crippen LogP contribution in [-0.4, -0.2) is 72.3 Å². The molecular weight excluding hydrogens is 442 g/mol. The molecule has 2 aromatic carbocycles. The molecule has 0 unspecified atom stereocenters. The molecule has 0 amide bonds. The fourth-order valence-electron chi connectivity index (χ4n) is 4.09. The predicted molar refractivity (Wildman–Crippen MR) is 122 cm³/mol. The number of aliphatic hydroxyl groups excluding tert-OH is 4. The van der Waals surface area contributed by atoms with Gasteiger partial charge in [-0.25, -0.2) is 4.98 Å². The van der Waals surface area contributed by atoms with Gasteiger partial charge in [-0.3, -0.25) is 4.79 Å². The van der Waals surface area contributed by atoms with Crippen LogP contribution in [0.2, 0.25) is 0 Å². The van der Waals surface area contributed by atoms with Gasteiger partial charge in [0.15, 0.2) is 5.65 Å². The van der Waals surface area contributed by atoms with Crippen LogP contribution in [-0.2, 0) is 4.74 Å². The van der Waals surface area contributed by atoms with Crippen molar-refractivity contribution < 1.29 is 29.9 Å². The van der Waals surface area contributed by atoms with Crippen molar-refractivity contribution in [2.75, 3.05) is 6.61 Å². The number of nitrogens with zero attached hydrogens (tertiary/aromatic N) is 2. The normalized spacial score (nSPS) is 24.9. The fraction of sp³-hybridized carbons (Fsp3) is 0.250. The molecule has 10 heteroatoms. The van der Waals surface area contributed by atoms with Crippen molar-refractivity contribution in [3.8, 4) is 22.6 Å². The van der Waals surface area contributed by atoms with Crippen molar-refractivity contribution >= 4 is 11.0 Å². The summed E-state index contributed by atoms with van der Waals surface area (Å²) < 4.78 is 12.9. The largest absolute Gasteiger partial charge is 0.462 e. The third-order valence-corrected chi connectivity index (χ3v) is 5.89. The molecule has 4 aromatic rings. The molecule has 10 nitrogen and oxygen atoms in total. The predicted octanol–water partition coefficient (Wildman–Crippen LogP) is 0.559. The lowest BCUT2D eigenvalue weighted by Crippen LogP contribution is -2.60. The molecular formula is C24H23N3O7. The summed E-state index contributed by atoms with van der Waals surface area (Å²) in [6, 6.07) is 16.3. The highest BCUT2D eigenvalue weighted by atomic mass is 16.7. The van der Waals surface area contributed by atoms with Crippen LogP contribution in [0.15, 0.2) is 71.9 Å². The Balaban J connectivity index is 1.46. The second kappa shape index (κ2) is 9.01. The standard InChI is InChI=1S/C24H23N3O7/c28-11-17-19(29)20(30)21(31)24(34-17)33-15-8-6-13(7-9-15)16-10-27(14-4-2-1-3-5-14)22-18(16)23(32)26-12-25-22/h1-10,12,17,19-21,24,28-31H,11H2,(H,25,26,32)/t17-,19-,20+,21-,24+/m1/s1. The highest BCUT2D eigenvalue weighted by Gasteiger charge is 2.44. The first kappa shape index (κ1) is 22.3. The molecule has 1 fully saturated rings. The number of benzene rings is 2. The minimum absolute atomic E-state index is 0.267. The maximum absolute atomic E-state index is 12.7. The summed E-state index contributed by atoms with van der Waals surface area (Å²) in [5.41, 5.74) is 2.52. The zero-order valence-electron chi connectivity index (χ0n) is 17.9. The van der Waals surface area contributed by atoms with Crippen LogP contribution in [0.4, 0.5) is 0 Å². The van der Waals surface area contributed by atoms with Crippen molar-refractivity contribution in [3.05, 3.63) is 77.5 Å². The summed E-state index contributed by atoms with van der Waals surface area (Å²) >= 11 is 0. The number of hydrogen-bond acceptors (Lipinski definition) is 8. The van der Waals surface area contributed by atoms with Crippen LogP contribution in [0.3, 0.4) is 0 Å². The van der Waals surface area contributed by atoms with E-state index in [2.05, 4.69) is 9.97 Å². The minimum atomic E-state index is -1.53. The number of aromatic amines is 1. The molecule has 1 saturated heterocycles. The third kappa shape index (κ3) is 3.87. The van der Waals surface area contributed by atoms with E-state index in [1.807, 2.05) is 41.1 Å². The van der Waals surface area contributed by atoms with Crippen LogP contribution in [0.5, 0.6) is 5.75 Å². The first-order valence-corrected chi connectivity index (χ1v) is 10.7. The molecule has 0 radical (unpaired) electrons. The number of nitrogens with one attached hydrogen (secondary N) is 1. The highest BCUT2D eigenvalue weighted by Crippen LogP contribution is 2.31. The van der Waals surface area contributed by atoms with E-state index in [4.69, 9.17) is 9.47 Å². The average Bonchev–Trinajstić information content (AvgIpc) is 3.26. The van der Waals surface area contributed by atoms with Gasteiger partial charge in [0.2, 0.25) is 6.29 Å². The van der Waals surface area contributed by atoms with Crippen molar-refractivity contribution in [1.29, 1.82) is 0 Å². The maximum atomic E-state index is 12.7. The number of ether oxygens (including phenoxy) is 2. The number of aliphatic hydroxyl groups is 4. The minimum Gasteiger partial charge on any atom is -0.462 e. The molecule has 2 aromatic heterocycles. The van der Waals surface area contributed by atoms with Gasteiger partial charge in [-0.2, -0.15) is 0 Å². The topological polar surface area (TPSA) is 150 Å². The second-order valence-corrected chi connectivity index (χ2v) is 8.02. The van der Waals surface area contributed by atoms with Crippen molar-refractivity contribution in [3.63, 3.8) is 0 Å². The number of fused-ring (bicyclic) bond motifs is 1. The van der Waals surface area contributed by atoms with Crippen molar-refractivity contribution in [2.24, 2.45) is 0 Å². The van der Waals surface area contributed by atoms with Gasteiger partial charge in [0.05, 0.1) is 18.3 Å². The summed E-state index contributed by atoms with van der Waals surface area (Å²) in [4.78, 5) is 19.7. The number of aromatic nitrogens is 3. The smallest absolute Gasteiger partial charge is 0.260 e. The van der Waals surface area contributed by atoms with Crippen LogP contribution in [0.1, 0.15) is 0 Å². The van der Waals surface area contributed by atoms with Gasteiger partial charge in [-0.15, -0.1) is 0 Å². The molecule has 5 N–H and O–H groups in total. The van der Waals surface area contributed by atoms with E-state index in [-0.39, 0.29) is 5.56 Å². The Hall–Kier alpha value is -3.54. The summed E-state index contributed by atoms with van der Waals surface area (Å²) in [7, 11) is 0. The molecule has 0 saturated carbocycles. The quantitative estimate of drug-likeness (QED) is 0.287. The van der Waals surface area contributed by atoms with Gasteiger partial charge >= 0.3 is 0 Å². The van der Waals surface area contributed by atoms with E-state index < -0.39 is 37.3 Å². The Morgan fingerprint density at radius 1 is 1.00 bits per heavy atom. The molecule has 5 rings (SSSR count). The van der Waals surface area contributed by atoms with Crippen LogP contribution >= 0.6 is 0 Å². The Morgan fingerprint density at radius 3 is 2.44 bits per heavy atom. The van der Waals surface area contributed by atoms with Gasteiger partial charge in [-0.1, -0.05) is 30.3 Å². The molecule has 3 heterocycles. The van der Waals surface area contributed by atoms with Gasteiger partial charge in [-0.05, 0) is 29.8 Å². The van der Waals surface area contributed by atoms with E-state index in [9.17, 15) is 25.2 Å². The van der Waals surface area contributed by atoms with E-state index in [0.29, 0.717) is 22.3 Å². The molecule has 0 bridgehead atoms. The van der Waals surface area contributed by atoms with E-state index >= 15 is 0 Å². The van der Waals surface area contributed by atoms with E-state index in [1.54, 1.807) is 24.3 Å².